The number of fused-ring (bicyclic) bond motifs is 1. The van der Waals surface area contributed by atoms with Gasteiger partial charge in [0.15, 0.2) is 11.5 Å². The summed E-state index contributed by atoms with van der Waals surface area (Å²) >= 11 is 7.84. The molecule has 0 saturated carbocycles. The number of para-hydroxylation sites is 1. The maximum atomic E-state index is 12.3. The van der Waals surface area contributed by atoms with Gasteiger partial charge in [-0.1, -0.05) is 23.7 Å². The largest absolute Gasteiger partial charge is 0.493 e. The molecule has 0 aliphatic carbocycles. The quantitative estimate of drug-likeness (QED) is 0.610. The van der Waals surface area contributed by atoms with Gasteiger partial charge in [-0.3, -0.25) is 4.79 Å². The van der Waals surface area contributed by atoms with Crippen LogP contribution in [0.2, 0.25) is 5.02 Å². The molecule has 1 heterocycles. The number of thiazole rings is 1. The topological polar surface area (TPSA) is 60.5 Å². The van der Waals surface area contributed by atoms with Crippen LogP contribution in [0, 0.1) is 0 Å². The summed E-state index contributed by atoms with van der Waals surface area (Å²) < 4.78 is 11.6. The van der Waals surface area contributed by atoms with Crippen molar-refractivity contribution in [2.45, 2.75) is 12.8 Å². The van der Waals surface area contributed by atoms with Crippen molar-refractivity contribution in [1.82, 2.24) is 10.3 Å². The predicted octanol–water partition coefficient (Wildman–Crippen LogP) is 4.33. The smallest absolute Gasteiger partial charge is 0.251 e. The molecule has 3 rings (SSSR count). The van der Waals surface area contributed by atoms with Crippen LogP contribution in [0.3, 0.4) is 0 Å². The van der Waals surface area contributed by atoms with E-state index in [4.69, 9.17) is 21.1 Å². The highest BCUT2D eigenvalue weighted by molar-refractivity contribution is 7.18. The molecule has 0 aliphatic rings. The number of ether oxygens (including phenoxy) is 2. The second kappa shape index (κ2) is 8.38. The van der Waals surface area contributed by atoms with E-state index in [1.807, 2.05) is 18.2 Å². The van der Waals surface area contributed by atoms with Gasteiger partial charge in [-0.25, -0.2) is 4.98 Å². The summed E-state index contributed by atoms with van der Waals surface area (Å²) in [4.78, 5) is 16.9. The van der Waals surface area contributed by atoms with Crippen LogP contribution in [0.1, 0.15) is 21.8 Å². The van der Waals surface area contributed by atoms with Crippen molar-refractivity contribution in [3.05, 3.63) is 52.0 Å². The zero-order valence-corrected chi connectivity index (χ0v) is 16.1. The minimum absolute atomic E-state index is 0.197. The summed E-state index contributed by atoms with van der Waals surface area (Å²) in [7, 11) is 3.01. The number of aryl methyl sites for hydroxylation is 1. The van der Waals surface area contributed by atoms with Crippen LogP contribution in [0.5, 0.6) is 11.5 Å². The number of aromatic nitrogens is 1. The maximum absolute atomic E-state index is 12.3. The average Bonchev–Trinajstić information content (AvgIpc) is 3.07. The van der Waals surface area contributed by atoms with E-state index >= 15 is 0 Å². The first kappa shape index (κ1) is 18.5. The molecule has 7 heteroatoms. The second-order valence-corrected chi connectivity index (χ2v) is 7.15. The molecule has 5 nitrogen and oxygen atoms in total. The van der Waals surface area contributed by atoms with Crippen molar-refractivity contribution < 1.29 is 14.3 Å². The fourth-order valence-electron chi connectivity index (χ4n) is 2.62. The first-order valence-electron chi connectivity index (χ1n) is 8.16. The van der Waals surface area contributed by atoms with Crippen LogP contribution < -0.4 is 14.8 Å². The molecule has 0 aliphatic heterocycles. The molecule has 1 N–H and O–H groups in total. The molecule has 0 atom stereocenters. The molecule has 1 aromatic heterocycles. The number of rotatable bonds is 7. The lowest BCUT2D eigenvalue weighted by Gasteiger charge is -2.11. The molecule has 26 heavy (non-hydrogen) atoms. The minimum atomic E-state index is -0.197. The van der Waals surface area contributed by atoms with E-state index in [1.165, 1.54) is 18.9 Å². The lowest BCUT2D eigenvalue weighted by Crippen LogP contribution is -2.24. The molecule has 0 bridgehead atoms. The lowest BCUT2D eigenvalue weighted by atomic mass is 10.2. The van der Waals surface area contributed by atoms with E-state index in [-0.39, 0.29) is 5.91 Å². The predicted molar refractivity (Wildman–Crippen MR) is 105 cm³/mol. The Morgan fingerprint density at radius 2 is 2.04 bits per heavy atom. The average molecular weight is 391 g/mol. The number of carbonyl (C=O) groups is 1. The van der Waals surface area contributed by atoms with Gasteiger partial charge < -0.3 is 14.8 Å². The van der Waals surface area contributed by atoms with Crippen LogP contribution >= 0.6 is 22.9 Å². The van der Waals surface area contributed by atoms with E-state index in [1.54, 1.807) is 23.5 Å². The van der Waals surface area contributed by atoms with Gasteiger partial charge in [-0.15, -0.1) is 11.3 Å². The van der Waals surface area contributed by atoms with Gasteiger partial charge in [-0.05, 0) is 30.7 Å². The van der Waals surface area contributed by atoms with Gasteiger partial charge in [0.25, 0.3) is 5.91 Å². The first-order valence-corrected chi connectivity index (χ1v) is 9.36. The molecule has 0 radical (unpaired) electrons. The molecular weight excluding hydrogens is 372 g/mol. The molecule has 0 spiro atoms. The van der Waals surface area contributed by atoms with Gasteiger partial charge in [0.1, 0.15) is 0 Å². The first-order chi connectivity index (χ1) is 12.6. The Bertz CT molecular complexity index is 893. The maximum Gasteiger partial charge on any atom is 0.251 e. The lowest BCUT2D eigenvalue weighted by molar-refractivity contribution is 0.0953. The number of methoxy groups -OCH3 is 2. The molecule has 0 unspecified atom stereocenters. The monoisotopic (exact) mass is 390 g/mol. The SMILES string of the molecule is COc1cc(C(=O)NCCCc2nc3ccccc3s2)cc(Cl)c1OC. The molecule has 0 saturated heterocycles. The number of carbonyl (C=O) groups excluding carboxylic acids is 1. The van der Waals surface area contributed by atoms with E-state index in [2.05, 4.69) is 16.4 Å². The Labute approximate surface area is 160 Å². The number of hydrogen-bond acceptors (Lipinski definition) is 5. The van der Waals surface area contributed by atoms with Crippen molar-refractivity contribution in [1.29, 1.82) is 0 Å². The van der Waals surface area contributed by atoms with Crippen molar-refractivity contribution in [2.75, 3.05) is 20.8 Å². The molecule has 1 amide bonds. The van der Waals surface area contributed by atoms with E-state index in [9.17, 15) is 4.79 Å². The third-order valence-corrected chi connectivity index (χ3v) is 5.26. The van der Waals surface area contributed by atoms with E-state index < -0.39 is 0 Å². The summed E-state index contributed by atoms with van der Waals surface area (Å²) in [6.07, 6.45) is 1.64. The zero-order chi connectivity index (χ0) is 18.5. The normalized spacial score (nSPS) is 10.7. The summed E-state index contributed by atoms with van der Waals surface area (Å²) in [6, 6.07) is 11.3. The van der Waals surface area contributed by atoms with Gasteiger partial charge in [0.05, 0.1) is 34.5 Å². The Morgan fingerprint density at radius 1 is 1.23 bits per heavy atom. The standard InChI is InChI=1S/C19H19ClN2O3S/c1-24-15-11-12(10-13(20)18(15)25-2)19(23)21-9-5-8-17-22-14-6-3-4-7-16(14)26-17/h3-4,6-7,10-11H,5,8-9H2,1-2H3,(H,21,23). The highest BCUT2D eigenvalue weighted by atomic mass is 35.5. The van der Waals surface area contributed by atoms with Crippen molar-refractivity contribution >= 4 is 39.1 Å². The van der Waals surface area contributed by atoms with Crippen molar-refractivity contribution in [2.24, 2.45) is 0 Å². The summed E-state index contributed by atoms with van der Waals surface area (Å²) in [6.45, 7) is 0.556. The van der Waals surface area contributed by atoms with Crippen LogP contribution in [0.15, 0.2) is 36.4 Å². The molecule has 136 valence electrons. The van der Waals surface area contributed by atoms with Gasteiger partial charge in [0.2, 0.25) is 0 Å². The van der Waals surface area contributed by atoms with E-state index in [0.29, 0.717) is 28.6 Å². The summed E-state index contributed by atoms with van der Waals surface area (Å²) in [5.74, 6) is 0.651. The summed E-state index contributed by atoms with van der Waals surface area (Å²) in [5, 5.41) is 4.32. The highest BCUT2D eigenvalue weighted by Crippen LogP contribution is 2.35. The Hall–Kier alpha value is -2.31. The number of amides is 1. The van der Waals surface area contributed by atoms with Crippen LogP contribution in [0.25, 0.3) is 10.2 Å². The number of nitrogens with zero attached hydrogens (tertiary/aromatic N) is 1. The highest BCUT2D eigenvalue weighted by Gasteiger charge is 2.15. The fourth-order valence-corrected chi connectivity index (χ4v) is 3.92. The number of hydrogen-bond donors (Lipinski definition) is 1. The molecule has 3 aromatic rings. The third-order valence-electron chi connectivity index (χ3n) is 3.89. The Balaban J connectivity index is 1.56. The molecular formula is C19H19ClN2O3S. The number of halogens is 1. The zero-order valence-electron chi connectivity index (χ0n) is 14.5. The van der Waals surface area contributed by atoms with Gasteiger partial charge >= 0.3 is 0 Å². The van der Waals surface area contributed by atoms with Crippen molar-refractivity contribution in [3.63, 3.8) is 0 Å². The number of nitrogens with one attached hydrogen (secondary N) is 1. The number of benzene rings is 2. The summed E-state index contributed by atoms with van der Waals surface area (Å²) in [5.41, 5.74) is 1.46. The van der Waals surface area contributed by atoms with Crippen LogP contribution in [-0.2, 0) is 6.42 Å². The Morgan fingerprint density at radius 3 is 2.77 bits per heavy atom. The third kappa shape index (κ3) is 4.08. The molecule has 0 fully saturated rings. The van der Waals surface area contributed by atoms with Gasteiger partial charge in [0, 0.05) is 18.5 Å². The van der Waals surface area contributed by atoms with Crippen molar-refractivity contribution in [3.8, 4) is 11.5 Å². The van der Waals surface area contributed by atoms with Crippen LogP contribution in [-0.4, -0.2) is 31.7 Å². The van der Waals surface area contributed by atoms with E-state index in [0.717, 1.165) is 23.4 Å². The van der Waals surface area contributed by atoms with Gasteiger partial charge in [-0.2, -0.15) is 0 Å². The Kier molecular flexibility index (Phi) is 5.96. The second-order valence-electron chi connectivity index (χ2n) is 5.63. The minimum Gasteiger partial charge on any atom is -0.493 e. The fraction of sp³-hybridized carbons (Fsp3) is 0.263. The van der Waals surface area contributed by atoms with Crippen LogP contribution in [0.4, 0.5) is 0 Å². The molecule has 2 aromatic carbocycles.